The van der Waals surface area contributed by atoms with E-state index in [1.165, 1.54) is 0 Å². The van der Waals surface area contributed by atoms with Crippen LogP contribution in [0.3, 0.4) is 0 Å². The summed E-state index contributed by atoms with van der Waals surface area (Å²) in [7, 11) is 2.05. The van der Waals surface area contributed by atoms with Gasteiger partial charge in [-0.25, -0.2) is 0 Å². The van der Waals surface area contributed by atoms with E-state index in [9.17, 15) is 0 Å². The molecule has 0 aromatic rings. The molecule has 1 rings (SSSR count). The first-order chi connectivity index (χ1) is 4.60. The number of ether oxygens (including phenoxy) is 1. The van der Waals surface area contributed by atoms with Gasteiger partial charge in [0.25, 0.3) is 0 Å². The summed E-state index contributed by atoms with van der Waals surface area (Å²) < 4.78 is 5.62. The first kappa shape index (κ1) is 8.17. The molecule has 0 aliphatic carbocycles. The summed E-state index contributed by atoms with van der Waals surface area (Å²) >= 11 is 0.193. The van der Waals surface area contributed by atoms with E-state index in [1.54, 1.807) is 0 Å². The molecular weight excluding hydrogens is 241 g/mol. The normalized spacial score (nSPS) is 33.1. The van der Waals surface area contributed by atoms with Crippen LogP contribution in [0.1, 0.15) is 6.92 Å². The molecule has 0 aromatic carbocycles. The van der Waals surface area contributed by atoms with Gasteiger partial charge in [0, 0.05) is 0 Å². The first-order valence-corrected chi connectivity index (χ1v) is 6.40. The van der Waals surface area contributed by atoms with Crippen molar-refractivity contribution in [1.29, 1.82) is 0 Å². The van der Waals surface area contributed by atoms with Crippen molar-refractivity contribution in [2.24, 2.45) is 0 Å². The molecule has 60 valence electrons. The van der Waals surface area contributed by atoms with Gasteiger partial charge in [-0.15, -0.1) is 0 Å². The zero-order chi connectivity index (χ0) is 7.78. The van der Waals surface area contributed by atoms with Gasteiger partial charge in [0.1, 0.15) is 0 Å². The standard InChI is InChI=1S/C7H13INO/c1-6-9(4)7(2,8-3)5-10-6/h1,5H2,2-4H3/q-1. The monoisotopic (exact) mass is 254 g/mol. The molecule has 1 aliphatic rings. The topological polar surface area (TPSA) is 12.5 Å². The quantitative estimate of drug-likeness (QED) is 0.301. The number of halogens is 1. The number of rotatable bonds is 1. The van der Waals surface area contributed by atoms with Gasteiger partial charge in [0.2, 0.25) is 0 Å². The molecule has 0 aromatic heterocycles. The summed E-state index contributed by atoms with van der Waals surface area (Å²) in [5.74, 6) is 0.823. The molecule has 1 atom stereocenters. The fraction of sp³-hybridized carbons (Fsp3) is 0.714. The van der Waals surface area contributed by atoms with Gasteiger partial charge < -0.3 is 0 Å². The van der Waals surface area contributed by atoms with E-state index >= 15 is 0 Å². The van der Waals surface area contributed by atoms with E-state index in [1.807, 2.05) is 0 Å². The minimum atomic E-state index is 0.193. The molecule has 0 spiro atoms. The van der Waals surface area contributed by atoms with E-state index < -0.39 is 0 Å². The summed E-state index contributed by atoms with van der Waals surface area (Å²) in [5.41, 5.74) is 0. The van der Waals surface area contributed by atoms with Crippen LogP contribution < -0.4 is 21.2 Å². The number of nitrogens with zero attached hydrogens (tertiary/aromatic N) is 1. The van der Waals surface area contributed by atoms with Gasteiger partial charge >= 0.3 is 72.4 Å². The molecule has 0 saturated carbocycles. The van der Waals surface area contributed by atoms with Crippen LogP contribution in [0.5, 0.6) is 0 Å². The van der Waals surface area contributed by atoms with Crippen molar-refractivity contribution in [3.05, 3.63) is 12.5 Å². The van der Waals surface area contributed by atoms with Crippen LogP contribution in [0.25, 0.3) is 0 Å². The maximum absolute atomic E-state index is 5.33. The van der Waals surface area contributed by atoms with Gasteiger partial charge in [0.15, 0.2) is 0 Å². The molecule has 1 unspecified atom stereocenters. The van der Waals surface area contributed by atoms with Crippen molar-refractivity contribution in [2.75, 3.05) is 18.6 Å². The van der Waals surface area contributed by atoms with Gasteiger partial charge in [-0.3, -0.25) is 0 Å². The van der Waals surface area contributed by atoms with Crippen molar-refractivity contribution in [1.82, 2.24) is 4.90 Å². The predicted octanol–water partition coefficient (Wildman–Crippen LogP) is -2.15. The van der Waals surface area contributed by atoms with E-state index in [-0.39, 0.29) is 24.8 Å². The fourth-order valence-electron chi connectivity index (χ4n) is 0.850. The zero-order valence-corrected chi connectivity index (χ0v) is 8.81. The number of likely N-dealkylation sites (N-methyl/N-ethyl adjacent to an activating group) is 1. The maximum atomic E-state index is 5.33. The molecule has 1 saturated heterocycles. The Balaban J connectivity index is 2.73. The minimum absolute atomic E-state index is 0.193. The van der Waals surface area contributed by atoms with Gasteiger partial charge in [0.05, 0.1) is 0 Å². The average molecular weight is 254 g/mol. The van der Waals surface area contributed by atoms with Gasteiger partial charge in [-0.2, -0.15) is 0 Å². The Morgan fingerprint density at radius 3 is 2.60 bits per heavy atom. The Morgan fingerprint density at radius 1 is 1.80 bits per heavy atom. The molecule has 1 aliphatic heterocycles. The van der Waals surface area contributed by atoms with Crippen LogP contribution >= 0.6 is 0 Å². The first-order valence-electron chi connectivity index (χ1n) is 3.16. The van der Waals surface area contributed by atoms with Crippen molar-refractivity contribution in [3.8, 4) is 0 Å². The van der Waals surface area contributed by atoms with Crippen LogP contribution in [-0.2, 0) is 4.74 Å². The summed E-state index contributed by atoms with van der Waals surface area (Å²) in [6.07, 6.45) is 0. The summed E-state index contributed by atoms with van der Waals surface area (Å²) in [4.78, 5) is 4.43. The molecule has 0 N–H and O–H groups in total. The zero-order valence-electron chi connectivity index (χ0n) is 6.65. The Kier molecular flexibility index (Phi) is 2.12. The molecule has 10 heavy (non-hydrogen) atoms. The number of hydrogen-bond acceptors (Lipinski definition) is 2. The molecule has 3 heteroatoms. The van der Waals surface area contributed by atoms with E-state index in [2.05, 4.69) is 30.4 Å². The Bertz CT molecular complexity index is 160. The van der Waals surface area contributed by atoms with Crippen LogP contribution in [0.2, 0.25) is 0 Å². The third kappa shape index (κ3) is 1.11. The molecule has 0 radical (unpaired) electrons. The van der Waals surface area contributed by atoms with Crippen LogP contribution in [-0.4, -0.2) is 27.0 Å². The van der Waals surface area contributed by atoms with E-state index in [4.69, 9.17) is 4.74 Å². The molecule has 1 heterocycles. The van der Waals surface area contributed by atoms with Gasteiger partial charge in [-0.1, -0.05) is 0 Å². The molecule has 0 amide bonds. The second-order valence-corrected chi connectivity index (χ2v) is 5.98. The van der Waals surface area contributed by atoms with Crippen molar-refractivity contribution < 1.29 is 25.9 Å². The van der Waals surface area contributed by atoms with E-state index in [0.717, 1.165) is 12.5 Å². The summed E-state index contributed by atoms with van der Waals surface area (Å²) in [6.45, 7) is 6.86. The van der Waals surface area contributed by atoms with Gasteiger partial charge in [-0.05, 0) is 0 Å². The fourth-order valence-corrected chi connectivity index (χ4v) is 2.31. The summed E-state index contributed by atoms with van der Waals surface area (Å²) in [5, 5.41) is 0. The van der Waals surface area contributed by atoms with Crippen molar-refractivity contribution in [2.45, 2.75) is 10.5 Å². The van der Waals surface area contributed by atoms with Crippen LogP contribution in [0.4, 0.5) is 0 Å². The third-order valence-corrected chi connectivity index (χ3v) is 5.34. The molecule has 0 bridgehead atoms. The second-order valence-electron chi connectivity index (χ2n) is 2.57. The average Bonchev–Trinajstić information content (AvgIpc) is 2.19. The van der Waals surface area contributed by atoms with Crippen molar-refractivity contribution in [3.63, 3.8) is 0 Å². The number of alkyl halides is 2. The van der Waals surface area contributed by atoms with Crippen LogP contribution in [0, 0.1) is 0 Å². The second kappa shape index (κ2) is 2.60. The molecule has 2 nitrogen and oxygen atoms in total. The predicted molar refractivity (Wildman–Crippen MR) is 37.2 cm³/mol. The number of hydrogen-bond donors (Lipinski definition) is 0. The molecule has 1 fully saturated rings. The third-order valence-electron chi connectivity index (χ3n) is 1.98. The SMILES string of the molecule is C=C1OCC(C)([I-]C)N1C. The van der Waals surface area contributed by atoms with E-state index in [0.29, 0.717) is 0 Å². The van der Waals surface area contributed by atoms with Crippen molar-refractivity contribution >= 4 is 0 Å². The molecular formula is C7H13INO-. The summed E-state index contributed by atoms with van der Waals surface area (Å²) in [6, 6.07) is 0. The Hall–Kier alpha value is 0.0700. The van der Waals surface area contributed by atoms with Crippen LogP contribution in [0.15, 0.2) is 12.5 Å². The Labute approximate surface area is 72.5 Å². The Morgan fingerprint density at radius 2 is 2.40 bits per heavy atom.